The van der Waals surface area contributed by atoms with E-state index in [-0.39, 0.29) is 0 Å². The van der Waals surface area contributed by atoms with E-state index < -0.39 is 0 Å². The molecule has 2 fully saturated rings. The molecule has 21 heavy (non-hydrogen) atoms. The molecule has 1 aromatic rings. The third-order valence-electron chi connectivity index (χ3n) is 5.03. The van der Waals surface area contributed by atoms with Crippen LogP contribution >= 0.6 is 12.2 Å². The Morgan fingerprint density at radius 3 is 2.62 bits per heavy atom. The number of hydrogen-bond donors (Lipinski definition) is 2. The first-order valence-corrected chi connectivity index (χ1v) is 8.60. The summed E-state index contributed by atoms with van der Waals surface area (Å²) >= 11 is 5.56. The van der Waals surface area contributed by atoms with Crippen molar-refractivity contribution in [2.24, 2.45) is 0 Å². The monoisotopic (exact) mass is 304 g/mol. The summed E-state index contributed by atoms with van der Waals surface area (Å²) in [7, 11) is 0. The predicted molar refractivity (Wildman–Crippen MR) is 90.0 cm³/mol. The van der Waals surface area contributed by atoms with Gasteiger partial charge < -0.3 is 5.32 Å². The summed E-state index contributed by atoms with van der Waals surface area (Å²) in [6, 6.07) is 11.8. The van der Waals surface area contributed by atoms with Crippen LogP contribution in [0.5, 0.6) is 0 Å². The molecule has 3 nitrogen and oxygen atoms in total. The molecule has 1 aliphatic heterocycles. The summed E-state index contributed by atoms with van der Waals surface area (Å²) in [6.45, 7) is 4.28. The zero-order valence-electron chi connectivity index (χ0n) is 12.8. The van der Waals surface area contributed by atoms with Crippen molar-refractivity contribution in [2.45, 2.75) is 51.1 Å². The van der Waals surface area contributed by atoms with Gasteiger partial charge >= 0.3 is 0 Å². The molecule has 0 bridgehead atoms. The molecule has 0 spiro atoms. The molecule has 2 aliphatic rings. The molecule has 1 aliphatic carbocycles. The van der Waals surface area contributed by atoms with Crippen molar-refractivity contribution in [1.29, 1.82) is 0 Å². The molecule has 3 rings (SSSR count). The zero-order valence-corrected chi connectivity index (χ0v) is 13.7. The van der Waals surface area contributed by atoms with Gasteiger partial charge in [0.1, 0.15) is 0 Å². The Morgan fingerprint density at radius 2 is 1.90 bits per heavy atom. The summed E-state index contributed by atoms with van der Waals surface area (Å²) in [6.07, 6.45) is 6.95. The van der Waals surface area contributed by atoms with Crippen molar-refractivity contribution in [3.63, 3.8) is 0 Å². The first kappa shape index (κ1) is 14.8. The Bertz CT molecular complexity index is 470. The molecule has 1 saturated carbocycles. The minimum absolute atomic E-state index is 0.338. The number of thiocarbonyl (C=S) groups is 1. The molecular weight excluding hydrogens is 278 g/mol. The van der Waals surface area contributed by atoms with Crippen LogP contribution in [0.4, 0.5) is 0 Å². The summed E-state index contributed by atoms with van der Waals surface area (Å²) in [5.74, 6) is 0. The van der Waals surface area contributed by atoms with E-state index in [1.54, 1.807) is 4.90 Å². The minimum atomic E-state index is 0.338. The van der Waals surface area contributed by atoms with E-state index in [0.717, 1.165) is 24.5 Å². The van der Waals surface area contributed by atoms with Gasteiger partial charge in [0.05, 0.1) is 12.1 Å². The standard InChI is InChI=1S/C17H25N3S/c1-14(15-8-4-2-5-9-15)20-13-19(12-18-17(20)21)16-10-6-3-7-11-16/h2,4-5,8-9,14,16H,3,6-7,10-13H2,1H3,(H,18,21)/p+1/t14-/m1/s1. The smallest absolute Gasteiger partial charge is 0.178 e. The van der Waals surface area contributed by atoms with Crippen molar-refractivity contribution < 1.29 is 4.90 Å². The number of nitrogens with one attached hydrogen (secondary N) is 2. The van der Waals surface area contributed by atoms with Gasteiger partial charge in [-0.15, -0.1) is 0 Å². The number of benzene rings is 1. The highest BCUT2D eigenvalue weighted by atomic mass is 32.1. The quantitative estimate of drug-likeness (QED) is 0.834. The van der Waals surface area contributed by atoms with E-state index in [9.17, 15) is 0 Å². The van der Waals surface area contributed by atoms with Gasteiger partial charge in [0.2, 0.25) is 0 Å². The molecule has 1 aromatic carbocycles. The van der Waals surface area contributed by atoms with Gasteiger partial charge in [-0.05, 0) is 50.4 Å². The van der Waals surface area contributed by atoms with E-state index in [0.29, 0.717) is 6.04 Å². The largest absolute Gasteiger partial charge is 0.316 e. The molecule has 0 radical (unpaired) electrons. The lowest BCUT2D eigenvalue weighted by molar-refractivity contribution is -0.940. The van der Waals surface area contributed by atoms with Crippen LogP contribution in [0.25, 0.3) is 0 Å². The van der Waals surface area contributed by atoms with Crippen LogP contribution in [0.1, 0.15) is 50.6 Å². The first-order valence-electron chi connectivity index (χ1n) is 8.19. The first-order chi connectivity index (χ1) is 10.3. The molecule has 2 N–H and O–H groups in total. The number of nitrogens with zero attached hydrogens (tertiary/aromatic N) is 1. The highest BCUT2D eigenvalue weighted by Crippen LogP contribution is 2.20. The molecule has 0 amide bonds. The fourth-order valence-electron chi connectivity index (χ4n) is 3.65. The van der Waals surface area contributed by atoms with Gasteiger partial charge in [0.25, 0.3) is 0 Å². The van der Waals surface area contributed by atoms with Gasteiger partial charge in [-0.25, -0.2) is 0 Å². The number of quaternary nitrogens is 1. The van der Waals surface area contributed by atoms with Crippen LogP contribution in [0.2, 0.25) is 0 Å². The van der Waals surface area contributed by atoms with Gasteiger partial charge in [-0.1, -0.05) is 36.8 Å². The maximum atomic E-state index is 5.56. The normalized spacial score (nSPS) is 25.5. The highest BCUT2D eigenvalue weighted by molar-refractivity contribution is 7.80. The van der Waals surface area contributed by atoms with E-state index in [2.05, 4.69) is 47.5 Å². The SMILES string of the molecule is C[C@H](c1ccccc1)N1C[NH+](C2CCCCC2)CNC1=S. The van der Waals surface area contributed by atoms with Crippen LogP contribution in [0.3, 0.4) is 0 Å². The Hall–Kier alpha value is -1.13. The van der Waals surface area contributed by atoms with Gasteiger partial charge in [-0.3, -0.25) is 9.80 Å². The summed E-state index contributed by atoms with van der Waals surface area (Å²) in [4.78, 5) is 4.02. The van der Waals surface area contributed by atoms with Gasteiger partial charge in [0.15, 0.2) is 18.4 Å². The van der Waals surface area contributed by atoms with Gasteiger partial charge in [0, 0.05) is 0 Å². The lowest BCUT2D eigenvalue weighted by atomic mass is 9.94. The van der Waals surface area contributed by atoms with Crippen LogP contribution in [-0.4, -0.2) is 29.4 Å². The number of hydrogen-bond acceptors (Lipinski definition) is 1. The molecular formula is C17H26N3S+. The summed E-state index contributed by atoms with van der Waals surface area (Å²) < 4.78 is 0. The Balaban J connectivity index is 1.69. The molecule has 1 unspecified atom stereocenters. The Morgan fingerprint density at radius 1 is 1.19 bits per heavy atom. The third kappa shape index (κ3) is 3.38. The third-order valence-corrected chi connectivity index (χ3v) is 5.41. The van der Waals surface area contributed by atoms with E-state index in [1.807, 2.05) is 0 Å². The van der Waals surface area contributed by atoms with Crippen LogP contribution in [-0.2, 0) is 0 Å². The Kier molecular flexibility index (Phi) is 4.76. The van der Waals surface area contributed by atoms with E-state index in [4.69, 9.17) is 12.2 Å². The van der Waals surface area contributed by atoms with Crippen molar-refractivity contribution in [3.05, 3.63) is 35.9 Å². The second kappa shape index (κ2) is 6.75. The average Bonchev–Trinajstić information content (AvgIpc) is 2.56. The highest BCUT2D eigenvalue weighted by Gasteiger charge is 2.33. The number of rotatable bonds is 3. The predicted octanol–water partition coefficient (Wildman–Crippen LogP) is 2.07. The van der Waals surface area contributed by atoms with Crippen molar-refractivity contribution in [3.8, 4) is 0 Å². The van der Waals surface area contributed by atoms with Crippen molar-refractivity contribution in [2.75, 3.05) is 13.3 Å². The van der Waals surface area contributed by atoms with Gasteiger partial charge in [-0.2, -0.15) is 0 Å². The van der Waals surface area contributed by atoms with Crippen LogP contribution < -0.4 is 10.2 Å². The molecule has 2 atom stereocenters. The lowest BCUT2D eigenvalue weighted by Crippen LogP contribution is -3.20. The van der Waals surface area contributed by atoms with Crippen molar-refractivity contribution in [1.82, 2.24) is 10.2 Å². The Labute approximate surface area is 133 Å². The topological polar surface area (TPSA) is 19.7 Å². The van der Waals surface area contributed by atoms with E-state index >= 15 is 0 Å². The maximum absolute atomic E-state index is 5.56. The second-order valence-electron chi connectivity index (χ2n) is 6.37. The molecule has 114 valence electrons. The minimum Gasteiger partial charge on any atom is -0.316 e. The molecule has 1 heterocycles. The summed E-state index contributed by atoms with van der Waals surface area (Å²) in [5.41, 5.74) is 1.34. The summed E-state index contributed by atoms with van der Waals surface area (Å²) in [5, 5.41) is 4.36. The molecule has 0 aromatic heterocycles. The molecule has 1 saturated heterocycles. The second-order valence-corrected chi connectivity index (χ2v) is 6.75. The maximum Gasteiger partial charge on any atom is 0.178 e. The fraction of sp³-hybridized carbons (Fsp3) is 0.588. The van der Waals surface area contributed by atoms with Crippen LogP contribution in [0, 0.1) is 0 Å². The zero-order chi connectivity index (χ0) is 14.7. The van der Waals surface area contributed by atoms with E-state index in [1.165, 1.54) is 37.7 Å². The van der Waals surface area contributed by atoms with Crippen LogP contribution in [0.15, 0.2) is 30.3 Å². The van der Waals surface area contributed by atoms with Crippen molar-refractivity contribution >= 4 is 17.3 Å². The average molecular weight is 304 g/mol. The fourth-order valence-corrected chi connectivity index (χ4v) is 3.94. The lowest BCUT2D eigenvalue weighted by Gasteiger charge is -2.42. The molecule has 4 heteroatoms.